The van der Waals surface area contributed by atoms with Gasteiger partial charge >= 0.3 is 19.8 Å². The van der Waals surface area contributed by atoms with Crippen LogP contribution in [0.25, 0.3) is 0 Å². The number of hydrogen-bond acceptors (Lipinski definition) is 13. The molecule has 14 nitrogen and oxygen atoms in total. The van der Waals surface area contributed by atoms with Crippen LogP contribution < -0.4 is 0 Å². The number of hydrogen-bond donors (Lipinski definition) is 7. The number of phosphoric acid groups is 1. The first-order valence-electron chi connectivity index (χ1n) is 24.6. The number of carbonyl (C=O) groups is 2. The Morgan fingerprint density at radius 1 is 0.552 bits per heavy atom. The minimum absolute atomic E-state index is 0.0353. The summed E-state index contributed by atoms with van der Waals surface area (Å²) in [5.74, 6) is -1.33. The van der Waals surface area contributed by atoms with Gasteiger partial charge in [-0.25, -0.2) is 4.57 Å². The van der Waals surface area contributed by atoms with Gasteiger partial charge in [0.1, 0.15) is 43.2 Å². The first-order chi connectivity index (χ1) is 32.3. The molecule has 1 rings (SSSR count). The van der Waals surface area contributed by atoms with Crippen molar-refractivity contribution in [1.82, 2.24) is 0 Å². The Bertz CT molecular complexity index is 1550. The van der Waals surface area contributed by atoms with Crippen molar-refractivity contribution >= 4 is 19.8 Å². The van der Waals surface area contributed by atoms with Crippen LogP contribution in [0.1, 0.15) is 155 Å². The topological polar surface area (TPSA) is 230 Å². The summed E-state index contributed by atoms with van der Waals surface area (Å²) in [5, 5.41) is 60.5. The Morgan fingerprint density at radius 3 is 1.60 bits per heavy atom. The fraction of sp³-hybridized carbons (Fsp3) is 0.654. The second-order valence-electron chi connectivity index (χ2n) is 16.8. The zero-order chi connectivity index (χ0) is 49.4. The van der Waals surface area contributed by atoms with Gasteiger partial charge in [-0.1, -0.05) is 156 Å². The molecule has 1 aliphatic rings. The Kier molecular flexibility index (Phi) is 37.4. The van der Waals surface area contributed by atoms with Gasteiger partial charge in [0.05, 0.1) is 12.7 Å². The molecule has 0 aromatic carbocycles. The highest BCUT2D eigenvalue weighted by Gasteiger charge is 2.51. The van der Waals surface area contributed by atoms with Gasteiger partial charge < -0.3 is 45.0 Å². The van der Waals surface area contributed by atoms with Gasteiger partial charge in [-0.15, -0.1) is 0 Å². The smallest absolute Gasteiger partial charge is 0.462 e. The molecule has 0 amide bonds. The van der Waals surface area contributed by atoms with E-state index in [1.54, 1.807) is 12.2 Å². The zero-order valence-electron chi connectivity index (χ0n) is 40.3. The zero-order valence-corrected chi connectivity index (χ0v) is 41.2. The fourth-order valence-corrected chi connectivity index (χ4v) is 7.76. The standard InChI is InChI=1S/C52H85O14P/c1-3-5-7-9-11-13-15-17-18-19-20-21-22-23-25-27-29-31-33-35-39-46(55)65-44(42-64-67(61,62)66-52-50(59)48(57)47(56)49(58)51(52)60)41-63-45(54)40-36-38-43(53)37-34-32-30-28-26-24-16-14-12-10-8-6-4-2/h6,8,12-15,18-19,21-22,24,26,30,32,34,37,43-44,47-53,56-60H,3-5,7,9-11,16-17,20,23,25,27-29,31,33,35-36,38-42H2,1-2H3,(H,61,62)/b8-6-,14-12-,15-13-,19-18-,22-21-,26-24-,32-30-,37-34+/t43?,44-,47?,48-,49+,50-,51-,52?/m1/s1. The van der Waals surface area contributed by atoms with Crippen molar-refractivity contribution in [3.63, 3.8) is 0 Å². The van der Waals surface area contributed by atoms with Gasteiger partial charge in [-0.2, -0.15) is 0 Å². The molecule has 0 radical (unpaired) electrons. The number of carbonyl (C=O) groups excluding carboxylic acids is 2. The van der Waals surface area contributed by atoms with Gasteiger partial charge in [0.25, 0.3) is 0 Å². The summed E-state index contributed by atoms with van der Waals surface area (Å²) in [4.78, 5) is 35.8. The highest BCUT2D eigenvalue weighted by molar-refractivity contribution is 7.47. The largest absolute Gasteiger partial charge is 0.472 e. The molecule has 382 valence electrons. The van der Waals surface area contributed by atoms with Crippen molar-refractivity contribution in [3.8, 4) is 0 Å². The van der Waals surface area contributed by atoms with Gasteiger partial charge in [0.2, 0.25) is 0 Å². The number of aliphatic hydroxyl groups is 6. The monoisotopic (exact) mass is 965 g/mol. The maximum absolute atomic E-state index is 12.8. The van der Waals surface area contributed by atoms with E-state index >= 15 is 0 Å². The van der Waals surface area contributed by atoms with E-state index in [1.165, 1.54) is 25.7 Å². The SMILES string of the molecule is CC/C=C\C/C=C\C/C=C\C/C=C\C=C\C(O)CCCC(=O)OC[C@H](COP(=O)(O)OC1[C@H](O)[C@H](O)C(O)[C@H](O)[C@H]1O)OC(=O)CCCCCCCC/C=C\C/C=C\C/C=C\CCCCCC. The number of rotatable bonds is 39. The van der Waals surface area contributed by atoms with E-state index in [0.29, 0.717) is 6.42 Å². The maximum atomic E-state index is 12.8. The van der Waals surface area contributed by atoms with Gasteiger partial charge in [0.15, 0.2) is 6.10 Å². The van der Waals surface area contributed by atoms with E-state index < -0.39 is 81.8 Å². The van der Waals surface area contributed by atoms with Crippen LogP contribution in [0.15, 0.2) is 97.2 Å². The minimum Gasteiger partial charge on any atom is -0.462 e. The Morgan fingerprint density at radius 2 is 1.03 bits per heavy atom. The number of ether oxygens (including phenoxy) is 2. The van der Waals surface area contributed by atoms with Gasteiger partial charge in [-0.3, -0.25) is 18.6 Å². The Hall–Kier alpha value is -3.27. The van der Waals surface area contributed by atoms with Crippen molar-refractivity contribution < 1.29 is 68.2 Å². The van der Waals surface area contributed by atoms with Crippen molar-refractivity contribution in [1.29, 1.82) is 0 Å². The predicted octanol–water partition coefficient (Wildman–Crippen LogP) is 9.19. The fourth-order valence-electron chi connectivity index (χ4n) is 6.79. The van der Waals surface area contributed by atoms with Crippen molar-refractivity contribution in [2.45, 2.75) is 204 Å². The molecular weight excluding hydrogens is 880 g/mol. The molecule has 4 unspecified atom stereocenters. The molecule has 0 bridgehead atoms. The molecule has 0 spiro atoms. The number of esters is 2. The summed E-state index contributed by atoms with van der Waals surface area (Å²) in [6, 6.07) is 0. The normalized spacial score (nSPS) is 22.5. The summed E-state index contributed by atoms with van der Waals surface area (Å²) in [6.07, 6.45) is 37.5. The highest BCUT2D eigenvalue weighted by Crippen LogP contribution is 2.47. The molecule has 15 heteroatoms. The second-order valence-corrected chi connectivity index (χ2v) is 18.2. The number of aliphatic hydroxyl groups excluding tert-OH is 6. The van der Waals surface area contributed by atoms with Crippen LogP contribution in [0.5, 0.6) is 0 Å². The van der Waals surface area contributed by atoms with Crippen LogP contribution in [-0.4, -0.2) is 110 Å². The predicted molar refractivity (Wildman–Crippen MR) is 264 cm³/mol. The lowest BCUT2D eigenvalue weighted by Gasteiger charge is -2.41. The summed E-state index contributed by atoms with van der Waals surface area (Å²) in [5.41, 5.74) is 0. The highest BCUT2D eigenvalue weighted by atomic mass is 31.2. The third kappa shape index (κ3) is 33.0. The average molecular weight is 965 g/mol. The van der Waals surface area contributed by atoms with E-state index in [-0.39, 0.29) is 25.7 Å². The third-order valence-corrected chi connectivity index (χ3v) is 11.7. The molecule has 0 aromatic heterocycles. The molecular formula is C52H85O14P. The van der Waals surface area contributed by atoms with Crippen LogP contribution >= 0.6 is 7.82 Å². The minimum atomic E-state index is -5.18. The van der Waals surface area contributed by atoms with Crippen LogP contribution in [0.2, 0.25) is 0 Å². The summed E-state index contributed by atoms with van der Waals surface area (Å²) < 4.78 is 33.4. The molecule has 0 aliphatic heterocycles. The summed E-state index contributed by atoms with van der Waals surface area (Å²) >= 11 is 0. The van der Waals surface area contributed by atoms with E-state index in [0.717, 1.165) is 83.5 Å². The number of unbranched alkanes of at least 4 members (excludes halogenated alkanes) is 10. The lowest BCUT2D eigenvalue weighted by Crippen LogP contribution is -2.64. The lowest BCUT2D eigenvalue weighted by atomic mass is 9.85. The Balaban J connectivity index is 2.53. The molecule has 67 heavy (non-hydrogen) atoms. The van der Waals surface area contributed by atoms with E-state index in [2.05, 4.69) is 86.8 Å². The quantitative estimate of drug-likeness (QED) is 0.0100. The van der Waals surface area contributed by atoms with Gasteiger partial charge in [0, 0.05) is 12.8 Å². The third-order valence-electron chi connectivity index (χ3n) is 10.8. The Labute approximate surface area is 401 Å². The number of phosphoric ester groups is 1. The first-order valence-corrected chi connectivity index (χ1v) is 26.1. The summed E-state index contributed by atoms with van der Waals surface area (Å²) in [6.45, 7) is 2.98. The van der Waals surface area contributed by atoms with E-state index in [9.17, 15) is 49.7 Å². The molecule has 9 atom stereocenters. The molecule has 1 aliphatic carbocycles. The van der Waals surface area contributed by atoms with Crippen molar-refractivity contribution in [2.75, 3.05) is 13.2 Å². The van der Waals surface area contributed by atoms with Crippen LogP contribution in [0.3, 0.4) is 0 Å². The first kappa shape index (κ1) is 61.7. The maximum Gasteiger partial charge on any atom is 0.472 e. The van der Waals surface area contributed by atoms with Crippen molar-refractivity contribution in [3.05, 3.63) is 97.2 Å². The molecule has 1 saturated carbocycles. The molecule has 1 fully saturated rings. The van der Waals surface area contributed by atoms with Gasteiger partial charge in [-0.05, 0) is 83.5 Å². The van der Waals surface area contributed by atoms with E-state index in [4.69, 9.17) is 18.5 Å². The molecule has 0 saturated heterocycles. The van der Waals surface area contributed by atoms with Crippen LogP contribution in [0.4, 0.5) is 0 Å². The van der Waals surface area contributed by atoms with E-state index in [1.807, 2.05) is 12.2 Å². The van der Waals surface area contributed by atoms with Crippen LogP contribution in [-0.2, 0) is 32.7 Å². The van der Waals surface area contributed by atoms with Crippen LogP contribution in [0, 0.1) is 0 Å². The second kappa shape index (κ2) is 40.6. The summed E-state index contributed by atoms with van der Waals surface area (Å²) in [7, 11) is -5.18. The molecule has 0 aromatic rings. The lowest BCUT2D eigenvalue weighted by molar-refractivity contribution is -0.220. The molecule has 7 N–H and O–H groups in total. The molecule has 0 heterocycles. The average Bonchev–Trinajstić information content (AvgIpc) is 3.30. The van der Waals surface area contributed by atoms with Crippen molar-refractivity contribution in [2.24, 2.45) is 0 Å². The number of allylic oxidation sites excluding steroid dienone is 15.